The van der Waals surface area contributed by atoms with Crippen molar-refractivity contribution in [2.75, 3.05) is 36.8 Å². The number of carbonyl (C=O) groups excluding carboxylic acids is 1. The fourth-order valence-electron chi connectivity index (χ4n) is 5.15. The Labute approximate surface area is 251 Å². The molecule has 1 atom stereocenters. The zero-order valence-electron chi connectivity index (χ0n) is 23.7. The molecule has 0 spiro atoms. The molecule has 2 aromatic carbocycles. The van der Waals surface area contributed by atoms with Gasteiger partial charge in [-0.25, -0.2) is 4.98 Å². The minimum absolute atomic E-state index is 0.00608. The van der Waals surface area contributed by atoms with Crippen LogP contribution >= 0.6 is 11.6 Å². The highest BCUT2D eigenvalue weighted by atomic mass is 35.5. The highest BCUT2D eigenvalue weighted by molar-refractivity contribution is 6.35. The number of halogens is 1. The Bertz CT molecular complexity index is 1900. The van der Waals surface area contributed by atoms with Crippen LogP contribution in [0.15, 0.2) is 71.8 Å². The first-order chi connectivity index (χ1) is 20.7. The van der Waals surface area contributed by atoms with Crippen LogP contribution in [0.2, 0.25) is 5.02 Å². The summed E-state index contributed by atoms with van der Waals surface area (Å²) in [7, 11) is 3.33. The van der Waals surface area contributed by atoms with E-state index in [1.807, 2.05) is 36.1 Å². The summed E-state index contributed by atoms with van der Waals surface area (Å²) in [5, 5.41) is 3.88. The number of fused-ring (bicyclic) bond motifs is 2. The summed E-state index contributed by atoms with van der Waals surface area (Å²) in [5.74, 6) is 1.47. The summed E-state index contributed by atoms with van der Waals surface area (Å²) < 4.78 is 6.73. The molecule has 218 valence electrons. The van der Waals surface area contributed by atoms with Gasteiger partial charge in [-0.1, -0.05) is 29.8 Å². The SMILES string of the molecule is COc1ccc(CN2CN(C)C(=O)c3c(N[C@@H](C)c4nc5cccc(Cl)c5c(=O)n4-c4cccnc4)nc(N)nc32)cc1. The number of nitrogens with one attached hydrogen (secondary N) is 1. The van der Waals surface area contributed by atoms with Crippen LogP contribution in [0.5, 0.6) is 5.75 Å². The third kappa shape index (κ3) is 5.17. The highest BCUT2D eigenvalue weighted by Crippen LogP contribution is 2.34. The number of aromatic nitrogens is 5. The number of pyridine rings is 1. The van der Waals surface area contributed by atoms with Crippen LogP contribution in [-0.2, 0) is 6.54 Å². The monoisotopic (exact) mass is 597 g/mol. The Balaban J connectivity index is 1.44. The van der Waals surface area contributed by atoms with Crippen LogP contribution in [0.25, 0.3) is 16.6 Å². The first-order valence-corrected chi connectivity index (χ1v) is 13.8. The molecule has 3 aromatic heterocycles. The van der Waals surface area contributed by atoms with Gasteiger partial charge in [0.1, 0.15) is 23.0 Å². The van der Waals surface area contributed by atoms with Crippen molar-refractivity contribution in [1.82, 2.24) is 29.4 Å². The van der Waals surface area contributed by atoms with Crippen molar-refractivity contribution in [3.63, 3.8) is 0 Å². The molecule has 6 rings (SSSR count). The van der Waals surface area contributed by atoms with Crippen LogP contribution < -0.4 is 26.2 Å². The van der Waals surface area contributed by atoms with Gasteiger partial charge in [-0.3, -0.25) is 19.1 Å². The summed E-state index contributed by atoms with van der Waals surface area (Å²) in [4.78, 5) is 48.8. The fourth-order valence-corrected chi connectivity index (χ4v) is 5.40. The number of amides is 1. The van der Waals surface area contributed by atoms with Gasteiger partial charge in [0.15, 0.2) is 5.82 Å². The van der Waals surface area contributed by atoms with Gasteiger partial charge in [0, 0.05) is 19.8 Å². The lowest BCUT2D eigenvalue weighted by Gasteiger charge is -2.36. The molecule has 1 aliphatic heterocycles. The molecule has 13 heteroatoms. The normalized spacial score (nSPS) is 13.6. The standard InChI is InChI=1S/C30H28ClN9O3/c1-17(26-35-22-8-4-7-21(31)23(22)29(42)40(26)19-6-5-13-33-14-19)34-25-24-27(37-30(32)36-25)39(16-38(2)28(24)41)15-18-9-11-20(43-3)12-10-18/h4-14,17H,15-16H2,1-3H3,(H3,32,34,36,37)/t17-/m0/s1. The second kappa shape index (κ2) is 11.2. The predicted molar refractivity (Wildman–Crippen MR) is 165 cm³/mol. The maximum atomic E-state index is 13.8. The summed E-state index contributed by atoms with van der Waals surface area (Å²) >= 11 is 6.43. The number of anilines is 3. The van der Waals surface area contributed by atoms with Crippen LogP contribution in [-0.4, -0.2) is 56.1 Å². The van der Waals surface area contributed by atoms with Crippen molar-refractivity contribution in [2.45, 2.75) is 19.5 Å². The third-order valence-electron chi connectivity index (χ3n) is 7.20. The fraction of sp³-hybridized carbons (Fsp3) is 0.200. The van der Waals surface area contributed by atoms with Gasteiger partial charge in [-0.05, 0) is 48.9 Å². The van der Waals surface area contributed by atoms with Gasteiger partial charge in [-0.15, -0.1) is 0 Å². The first kappa shape index (κ1) is 27.9. The summed E-state index contributed by atoms with van der Waals surface area (Å²) in [6.45, 7) is 2.59. The van der Waals surface area contributed by atoms with E-state index in [0.717, 1.165) is 11.3 Å². The number of carbonyl (C=O) groups is 1. The average Bonchev–Trinajstić information content (AvgIpc) is 3.00. The van der Waals surface area contributed by atoms with Crippen molar-refractivity contribution in [3.8, 4) is 11.4 Å². The van der Waals surface area contributed by atoms with Crippen molar-refractivity contribution in [3.05, 3.63) is 99.3 Å². The number of nitrogens with two attached hydrogens (primary N) is 1. The zero-order chi connectivity index (χ0) is 30.2. The maximum Gasteiger partial charge on any atom is 0.267 e. The molecule has 1 aliphatic rings. The number of nitrogens with zero attached hydrogens (tertiary/aromatic N) is 7. The van der Waals surface area contributed by atoms with Crippen molar-refractivity contribution in [2.24, 2.45) is 0 Å². The summed E-state index contributed by atoms with van der Waals surface area (Å²) in [6.07, 6.45) is 3.19. The van der Waals surface area contributed by atoms with E-state index in [0.29, 0.717) is 46.5 Å². The van der Waals surface area contributed by atoms with Crippen LogP contribution in [0.3, 0.4) is 0 Å². The predicted octanol–water partition coefficient (Wildman–Crippen LogP) is 4.04. The lowest BCUT2D eigenvalue weighted by molar-refractivity contribution is 0.0781. The Morgan fingerprint density at radius 3 is 2.58 bits per heavy atom. The number of nitrogen functional groups attached to an aromatic ring is 1. The van der Waals surface area contributed by atoms with E-state index in [9.17, 15) is 9.59 Å². The summed E-state index contributed by atoms with van der Waals surface area (Å²) in [6, 6.07) is 15.7. The van der Waals surface area contributed by atoms with E-state index in [2.05, 4.69) is 20.3 Å². The zero-order valence-corrected chi connectivity index (χ0v) is 24.4. The minimum atomic E-state index is -0.621. The molecule has 1 amide bonds. The van der Waals surface area contributed by atoms with Gasteiger partial charge < -0.3 is 25.6 Å². The minimum Gasteiger partial charge on any atom is -0.497 e. The number of rotatable bonds is 7. The van der Waals surface area contributed by atoms with Gasteiger partial charge in [0.25, 0.3) is 11.5 Å². The molecule has 0 radical (unpaired) electrons. The lowest BCUT2D eigenvalue weighted by Crippen LogP contribution is -2.45. The number of methoxy groups -OCH3 is 1. The molecule has 0 saturated heterocycles. The largest absolute Gasteiger partial charge is 0.497 e. The van der Waals surface area contributed by atoms with Gasteiger partial charge in [-0.2, -0.15) is 9.97 Å². The third-order valence-corrected chi connectivity index (χ3v) is 7.51. The molecule has 4 heterocycles. The Kier molecular flexibility index (Phi) is 7.28. The molecule has 43 heavy (non-hydrogen) atoms. The Morgan fingerprint density at radius 1 is 1.07 bits per heavy atom. The van der Waals surface area contributed by atoms with Crippen molar-refractivity contribution in [1.29, 1.82) is 0 Å². The van der Waals surface area contributed by atoms with E-state index in [4.69, 9.17) is 27.1 Å². The topological polar surface area (TPSA) is 144 Å². The van der Waals surface area contributed by atoms with Crippen molar-refractivity contribution < 1.29 is 9.53 Å². The van der Waals surface area contributed by atoms with E-state index in [-0.39, 0.29) is 28.8 Å². The first-order valence-electron chi connectivity index (χ1n) is 13.4. The maximum absolute atomic E-state index is 13.8. The molecule has 5 aromatic rings. The average molecular weight is 598 g/mol. The second-order valence-electron chi connectivity index (χ2n) is 10.1. The van der Waals surface area contributed by atoms with E-state index in [1.165, 1.54) is 4.57 Å². The molecular weight excluding hydrogens is 570 g/mol. The van der Waals surface area contributed by atoms with Gasteiger partial charge >= 0.3 is 0 Å². The van der Waals surface area contributed by atoms with Gasteiger partial charge in [0.05, 0.1) is 47.6 Å². The molecule has 3 N–H and O–H groups in total. The number of benzene rings is 2. The number of hydrogen-bond acceptors (Lipinski definition) is 10. The molecular formula is C30H28ClN9O3. The Hall–Kier alpha value is -5.23. The number of ether oxygens (including phenoxy) is 1. The van der Waals surface area contributed by atoms with E-state index < -0.39 is 6.04 Å². The molecule has 12 nitrogen and oxygen atoms in total. The Morgan fingerprint density at radius 2 is 1.86 bits per heavy atom. The van der Waals surface area contributed by atoms with Crippen molar-refractivity contribution >= 4 is 46.0 Å². The van der Waals surface area contributed by atoms with Gasteiger partial charge in [0.2, 0.25) is 5.95 Å². The molecule has 0 fully saturated rings. The van der Waals surface area contributed by atoms with E-state index in [1.54, 1.807) is 61.8 Å². The molecule has 0 unspecified atom stereocenters. The quantitative estimate of drug-likeness (QED) is 0.282. The molecule has 0 saturated carbocycles. The lowest BCUT2D eigenvalue weighted by atomic mass is 10.1. The van der Waals surface area contributed by atoms with E-state index >= 15 is 0 Å². The second-order valence-corrected chi connectivity index (χ2v) is 10.5. The molecule has 0 aliphatic carbocycles. The molecule has 0 bridgehead atoms. The summed E-state index contributed by atoms with van der Waals surface area (Å²) in [5.41, 5.74) is 8.04. The van der Waals surface area contributed by atoms with Crippen LogP contribution in [0.1, 0.15) is 34.7 Å². The van der Waals surface area contributed by atoms with Crippen LogP contribution in [0, 0.1) is 0 Å². The number of hydrogen-bond donors (Lipinski definition) is 2. The highest BCUT2D eigenvalue weighted by Gasteiger charge is 2.33. The smallest absolute Gasteiger partial charge is 0.267 e. The van der Waals surface area contributed by atoms with Crippen LogP contribution in [0.4, 0.5) is 17.6 Å².